The normalized spacial score (nSPS) is 19.4. The Morgan fingerprint density at radius 1 is 1.16 bits per heavy atom. The zero-order chi connectivity index (χ0) is 28.3. The molecule has 4 atom stereocenters. The second-order valence-electron chi connectivity index (χ2n) is 10.1. The number of aromatic nitrogens is 2. The summed E-state index contributed by atoms with van der Waals surface area (Å²) in [4.78, 5) is 66.9. The fourth-order valence-corrected chi connectivity index (χ4v) is 4.04. The van der Waals surface area contributed by atoms with Crippen LogP contribution in [0.15, 0.2) is 27.3 Å². The first kappa shape index (κ1) is 29.3. The van der Waals surface area contributed by atoms with Gasteiger partial charge in [0.15, 0.2) is 6.04 Å². The standard InChI is InChI=1S/C23H29F3N6O5/c1-11(2)6-12-7-15(18(34)28-14(9-27)13-8-16(33)30-21(37)29-13)32(10-12)19(35)17(22(3,4)5)31-20(36)23(24,25)26/h6,8,12,14-15,17H,7,10H2,1-5H3,(H,28,34)(H,31,36)(H2,29,30,33,37)/t12-,14?,15+,17-/m1/s1. The molecule has 0 aliphatic carbocycles. The van der Waals surface area contributed by atoms with Gasteiger partial charge in [0.2, 0.25) is 11.8 Å². The van der Waals surface area contributed by atoms with Gasteiger partial charge in [-0.05, 0) is 31.6 Å². The third-order valence-electron chi connectivity index (χ3n) is 5.64. The molecular formula is C23H29F3N6O5. The largest absolute Gasteiger partial charge is 0.471 e. The van der Waals surface area contributed by atoms with Gasteiger partial charge in [-0.1, -0.05) is 32.4 Å². The maximum atomic E-state index is 13.5. The SMILES string of the molecule is CC(C)=C[C@@H]1C[C@@H](C(=O)NC(C#N)c2cc(=O)[nH]c(=O)[nH]2)N(C(=O)[C@@H](NC(=O)C(F)(F)F)C(C)(C)C)C1. The van der Waals surface area contributed by atoms with E-state index in [1.54, 1.807) is 25.2 Å². The van der Waals surface area contributed by atoms with Crippen LogP contribution in [0.3, 0.4) is 0 Å². The van der Waals surface area contributed by atoms with E-state index >= 15 is 0 Å². The van der Waals surface area contributed by atoms with Crippen LogP contribution in [-0.4, -0.2) is 57.4 Å². The molecule has 14 heteroatoms. The van der Waals surface area contributed by atoms with Gasteiger partial charge in [-0.3, -0.25) is 24.2 Å². The number of likely N-dealkylation sites (tertiary alicyclic amines) is 1. The predicted octanol–water partition coefficient (Wildman–Crippen LogP) is 1.02. The summed E-state index contributed by atoms with van der Waals surface area (Å²) in [5, 5.41) is 13.6. The number of carbonyl (C=O) groups excluding carboxylic acids is 3. The monoisotopic (exact) mass is 526 g/mol. The number of allylic oxidation sites excluding steroid dienone is 1. The molecule has 0 radical (unpaired) electrons. The van der Waals surface area contributed by atoms with Crippen molar-refractivity contribution in [3.05, 3.63) is 44.2 Å². The second kappa shape index (κ2) is 11.0. The van der Waals surface area contributed by atoms with E-state index in [0.29, 0.717) is 0 Å². The number of alkyl halides is 3. The average Bonchev–Trinajstić information content (AvgIpc) is 3.16. The first-order valence-electron chi connectivity index (χ1n) is 11.3. The van der Waals surface area contributed by atoms with E-state index in [2.05, 4.69) is 10.3 Å². The summed E-state index contributed by atoms with van der Waals surface area (Å²) in [5.74, 6) is -4.33. The number of carbonyl (C=O) groups is 3. The maximum absolute atomic E-state index is 13.5. The van der Waals surface area contributed by atoms with Gasteiger partial charge in [0.05, 0.1) is 11.8 Å². The van der Waals surface area contributed by atoms with Crippen molar-refractivity contribution in [2.45, 2.75) is 65.3 Å². The molecule has 0 bridgehead atoms. The number of aromatic amines is 2. The third kappa shape index (κ3) is 7.55. The minimum Gasteiger partial charge on any atom is -0.336 e. The number of rotatable bonds is 6. The molecule has 1 aliphatic heterocycles. The van der Waals surface area contributed by atoms with Crippen LogP contribution in [0.1, 0.15) is 52.8 Å². The summed E-state index contributed by atoms with van der Waals surface area (Å²) >= 11 is 0. The highest BCUT2D eigenvalue weighted by molar-refractivity contribution is 5.94. The Bertz CT molecular complexity index is 1200. The highest BCUT2D eigenvalue weighted by Gasteiger charge is 2.48. The Hall–Kier alpha value is -3.89. The van der Waals surface area contributed by atoms with Gasteiger partial charge in [0.1, 0.15) is 12.1 Å². The molecule has 2 heterocycles. The van der Waals surface area contributed by atoms with Crippen LogP contribution in [0.25, 0.3) is 0 Å². The van der Waals surface area contributed by atoms with Crippen molar-refractivity contribution >= 4 is 17.7 Å². The van der Waals surface area contributed by atoms with Gasteiger partial charge < -0.3 is 20.5 Å². The third-order valence-corrected chi connectivity index (χ3v) is 5.64. The van der Waals surface area contributed by atoms with Crippen molar-refractivity contribution in [3.63, 3.8) is 0 Å². The van der Waals surface area contributed by atoms with Crippen molar-refractivity contribution in [2.24, 2.45) is 11.3 Å². The lowest BCUT2D eigenvalue weighted by atomic mass is 9.85. The number of nitrogens with one attached hydrogen (secondary N) is 4. The van der Waals surface area contributed by atoms with E-state index in [0.717, 1.165) is 16.5 Å². The van der Waals surface area contributed by atoms with Crippen LogP contribution >= 0.6 is 0 Å². The number of nitrogens with zero attached hydrogens (tertiary/aromatic N) is 2. The molecule has 2 rings (SSSR count). The quantitative estimate of drug-likeness (QED) is 0.404. The summed E-state index contributed by atoms with van der Waals surface area (Å²) in [6.07, 6.45) is -3.32. The molecule has 4 N–H and O–H groups in total. The molecule has 1 saturated heterocycles. The number of nitriles is 1. The van der Waals surface area contributed by atoms with Crippen LogP contribution in [0.5, 0.6) is 0 Å². The summed E-state index contributed by atoms with van der Waals surface area (Å²) in [6, 6.07) is -1.60. The maximum Gasteiger partial charge on any atom is 0.471 e. The van der Waals surface area contributed by atoms with Gasteiger partial charge in [-0.15, -0.1) is 0 Å². The number of halogens is 3. The van der Waals surface area contributed by atoms with Crippen LogP contribution in [-0.2, 0) is 14.4 Å². The van der Waals surface area contributed by atoms with Crippen molar-refractivity contribution in [3.8, 4) is 6.07 Å². The molecule has 0 saturated carbocycles. The van der Waals surface area contributed by atoms with Crippen LogP contribution in [0.2, 0.25) is 0 Å². The molecule has 0 aromatic carbocycles. The number of H-pyrrole nitrogens is 2. The highest BCUT2D eigenvalue weighted by atomic mass is 19.4. The van der Waals surface area contributed by atoms with Crippen molar-refractivity contribution < 1.29 is 27.6 Å². The molecule has 1 fully saturated rings. The van der Waals surface area contributed by atoms with Gasteiger partial charge in [-0.2, -0.15) is 18.4 Å². The topological polar surface area (TPSA) is 168 Å². The van der Waals surface area contributed by atoms with Crippen LogP contribution in [0.4, 0.5) is 13.2 Å². The van der Waals surface area contributed by atoms with Gasteiger partial charge in [0, 0.05) is 12.6 Å². The van der Waals surface area contributed by atoms with E-state index in [4.69, 9.17) is 0 Å². The predicted molar refractivity (Wildman–Crippen MR) is 125 cm³/mol. The minimum absolute atomic E-state index is 0.0182. The molecule has 3 amide bonds. The lowest BCUT2D eigenvalue weighted by Crippen LogP contribution is -2.59. The Morgan fingerprint density at radius 3 is 2.27 bits per heavy atom. The molecule has 202 valence electrons. The van der Waals surface area contributed by atoms with E-state index in [-0.39, 0.29) is 24.6 Å². The van der Waals surface area contributed by atoms with E-state index < -0.39 is 58.7 Å². The summed E-state index contributed by atoms with van der Waals surface area (Å²) in [5.41, 5.74) is -2.15. The van der Waals surface area contributed by atoms with Gasteiger partial charge in [0.25, 0.3) is 5.56 Å². The van der Waals surface area contributed by atoms with Crippen molar-refractivity contribution in [1.29, 1.82) is 5.26 Å². The number of hydrogen-bond donors (Lipinski definition) is 4. The van der Waals surface area contributed by atoms with Crippen molar-refractivity contribution in [2.75, 3.05) is 6.54 Å². The zero-order valence-corrected chi connectivity index (χ0v) is 20.9. The summed E-state index contributed by atoms with van der Waals surface area (Å²) in [6.45, 7) is 8.00. The molecule has 1 unspecified atom stereocenters. The Labute approximate surface area is 210 Å². The van der Waals surface area contributed by atoms with Gasteiger partial charge >= 0.3 is 17.8 Å². The molecule has 1 aromatic rings. The fraction of sp³-hybridized carbons (Fsp3) is 0.565. The molecule has 1 aliphatic rings. The lowest BCUT2D eigenvalue weighted by molar-refractivity contribution is -0.176. The minimum atomic E-state index is -5.22. The lowest BCUT2D eigenvalue weighted by Gasteiger charge is -2.35. The Balaban J connectivity index is 2.41. The van der Waals surface area contributed by atoms with Crippen molar-refractivity contribution in [1.82, 2.24) is 25.5 Å². The molecular weight excluding hydrogens is 497 g/mol. The van der Waals surface area contributed by atoms with E-state index in [1.165, 1.54) is 20.8 Å². The number of hydrogen-bond acceptors (Lipinski definition) is 6. The smallest absolute Gasteiger partial charge is 0.336 e. The fourth-order valence-electron chi connectivity index (χ4n) is 4.04. The van der Waals surface area contributed by atoms with E-state index in [1.807, 2.05) is 11.1 Å². The zero-order valence-electron chi connectivity index (χ0n) is 20.9. The molecule has 37 heavy (non-hydrogen) atoms. The Kier molecular flexibility index (Phi) is 8.74. The summed E-state index contributed by atoms with van der Waals surface area (Å²) < 4.78 is 38.9. The van der Waals surface area contributed by atoms with Crippen LogP contribution < -0.4 is 21.9 Å². The summed E-state index contributed by atoms with van der Waals surface area (Å²) in [7, 11) is 0. The Morgan fingerprint density at radius 2 is 1.78 bits per heavy atom. The van der Waals surface area contributed by atoms with Crippen LogP contribution in [0, 0.1) is 22.7 Å². The molecule has 11 nitrogen and oxygen atoms in total. The van der Waals surface area contributed by atoms with Gasteiger partial charge in [-0.25, -0.2) is 4.79 Å². The second-order valence-corrected chi connectivity index (χ2v) is 10.1. The van der Waals surface area contributed by atoms with E-state index in [9.17, 15) is 42.4 Å². The first-order valence-corrected chi connectivity index (χ1v) is 11.3. The number of amides is 3. The molecule has 0 spiro atoms. The molecule has 1 aromatic heterocycles. The first-order chi connectivity index (χ1) is 16.9. The average molecular weight is 527 g/mol. The highest BCUT2D eigenvalue weighted by Crippen LogP contribution is 2.31.